The number of nitrogens with zero attached hydrogens (tertiary/aromatic N) is 3. The maximum Gasteiger partial charge on any atom is 0.219 e. The van der Waals surface area contributed by atoms with Crippen molar-refractivity contribution in [2.75, 3.05) is 0 Å². The highest BCUT2D eigenvalue weighted by Crippen LogP contribution is 2.40. The molecule has 0 bridgehead atoms. The van der Waals surface area contributed by atoms with Crippen LogP contribution in [0.2, 0.25) is 0 Å². The lowest BCUT2D eigenvalue weighted by molar-refractivity contribution is 0.464. The van der Waals surface area contributed by atoms with Crippen LogP contribution in [-0.2, 0) is 0 Å². The second-order valence-electron chi connectivity index (χ2n) is 11.5. The summed E-state index contributed by atoms with van der Waals surface area (Å²) >= 11 is 1.81. The van der Waals surface area contributed by atoms with Crippen LogP contribution >= 0.6 is 11.3 Å². The normalized spacial score (nSPS) is 11.7. The van der Waals surface area contributed by atoms with Crippen LogP contribution in [-0.4, -0.2) is 14.5 Å². The second kappa shape index (κ2) is 11.2. The minimum atomic E-state index is 0.385. The first-order valence-corrected chi connectivity index (χ1v) is 15.6. The van der Waals surface area contributed by atoms with Crippen LogP contribution in [0.1, 0.15) is 50.7 Å². The molecule has 0 spiro atoms. The summed E-state index contributed by atoms with van der Waals surface area (Å²) in [5.74, 6) is 2.94. The van der Waals surface area contributed by atoms with E-state index in [2.05, 4.69) is 111 Å². The van der Waals surface area contributed by atoms with Crippen molar-refractivity contribution in [1.29, 1.82) is 0 Å². The Kier molecular flexibility index (Phi) is 7.04. The summed E-state index contributed by atoms with van der Waals surface area (Å²) in [6.45, 7) is 8.99. The molecule has 43 heavy (non-hydrogen) atoms. The molecule has 212 valence electrons. The van der Waals surface area contributed by atoms with E-state index in [4.69, 9.17) is 14.7 Å². The van der Waals surface area contributed by atoms with Crippen LogP contribution in [0.5, 0.6) is 11.6 Å². The van der Waals surface area contributed by atoms with E-state index in [9.17, 15) is 0 Å². The zero-order valence-corrected chi connectivity index (χ0v) is 25.6. The molecule has 0 amide bonds. The predicted molar refractivity (Wildman–Crippen MR) is 180 cm³/mol. The molecule has 0 radical (unpaired) electrons. The molecule has 3 aromatic heterocycles. The number of para-hydroxylation sites is 1. The number of rotatable bonds is 7. The Hall–Kier alpha value is -4.74. The highest BCUT2D eigenvalue weighted by atomic mass is 32.1. The number of fused-ring (bicyclic) bond motifs is 3. The van der Waals surface area contributed by atoms with Gasteiger partial charge in [0.1, 0.15) is 11.6 Å². The van der Waals surface area contributed by atoms with Gasteiger partial charge in [-0.05, 0) is 47.2 Å². The molecule has 4 nitrogen and oxygen atoms in total. The van der Waals surface area contributed by atoms with Gasteiger partial charge in [0.15, 0.2) is 0 Å². The first-order chi connectivity index (χ1) is 21.0. The first kappa shape index (κ1) is 27.1. The average Bonchev–Trinajstić information content (AvgIpc) is 3.66. The molecule has 0 N–H and O–H groups in total. The number of benzene rings is 4. The van der Waals surface area contributed by atoms with Crippen molar-refractivity contribution in [3.63, 3.8) is 0 Å². The zero-order valence-electron chi connectivity index (χ0n) is 24.8. The topological polar surface area (TPSA) is 39.9 Å². The van der Waals surface area contributed by atoms with Crippen LogP contribution < -0.4 is 4.74 Å². The summed E-state index contributed by atoms with van der Waals surface area (Å²) in [7, 11) is 0. The van der Waals surface area contributed by atoms with E-state index < -0.39 is 0 Å². The van der Waals surface area contributed by atoms with Gasteiger partial charge in [-0.1, -0.05) is 100 Å². The van der Waals surface area contributed by atoms with Crippen LogP contribution in [0, 0.1) is 0 Å². The van der Waals surface area contributed by atoms with E-state index >= 15 is 0 Å². The van der Waals surface area contributed by atoms with Gasteiger partial charge in [-0.3, -0.25) is 4.57 Å². The van der Waals surface area contributed by atoms with Crippen molar-refractivity contribution in [1.82, 2.24) is 14.5 Å². The van der Waals surface area contributed by atoms with Crippen molar-refractivity contribution in [3.05, 3.63) is 127 Å². The van der Waals surface area contributed by atoms with E-state index in [0.717, 1.165) is 28.4 Å². The van der Waals surface area contributed by atoms with Crippen molar-refractivity contribution in [3.8, 4) is 40.0 Å². The van der Waals surface area contributed by atoms with Gasteiger partial charge in [0.2, 0.25) is 5.88 Å². The lowest BCUT2D eigenvalue weighted by Crippen LogP contribution is -2.07. The molecule has 0 unspecified atom stereocenters. The molecule has 0 saturated carbocycles. The number of pyridine rings is 1. The molecule has 0 saturated heterocycles. The molecular weight excluding hydrogens is 547 g/mol. The van der Waals surface area contributed by atoms with Crippen LogP contribution in [0.15, 0.2) is 116 Å². The lowest BCUT2D eigenvalue weighted by Gasteiger charge is -2.22. The zero-order chi connectivity index (χ0) is 29.5. The van der Waals surface area contributed by atoms with E-state index in [1.54, 1.807) is 0 Å². The van der Waals surface area contributed by atoms with Gasteiger partial charge in [0.25, 0.3) is 0 Å². The number of ether oxygens (including phenoxy) is 1. The highest BCUT2D eigenvalue weighted by Gasteiger charge is 2.19. The molecule has 0 aliphatic carbocycles. The Labute approximate surface area is 256 Å². The molecule has 0 atom stereocenters. The summed E-state index contributed by atoms with van der Waals surface area (Å²) in [6, 6.07) is 35.7. The van der Waals surface area contributed by atoms with E-state index in [-0.39, 0.29) is 0 Å². The number of aromatic nitrogens is 3. The van der Waals surface area contributed by atoms with Gasteiger partial charge in [-0.2, -0.15) is 0 Å². The first-order valence-electron chi connectivity index (χ1n) is 14.8. The number of thiophene rings is 1. The van der Waals surface area contributed by atoms with E-state index in [0.29, 0.717) is 17.7 Å². The third-order valence-corrected chi connectivity index (χ3v) is 9.16. The van der Waals surface area contributed by atoms with Crippen molar-refractivity contribution >= 4 is 31.5 Å². The molecule has 0 aliphatic rings. The van der Waals surface area contributed by atoms with Gasteiger partial charge < -0.3 is 4.74 Å². The van der Waals surface area contributed by atoms with Crippen molar-refractivity contribution in [2.45, 2.75) is 39.5 Å². The molecule has 7 aromatic rings. The number of imidazole rings is 1. The quantitative estimate of drug-likeness (QED) is 0.189. The van der Waals surface area contributed by atoms with Gasteiger partial charge in [-0.25, -0.2) is 9.97 Å². The van der Waals surface area contributed by atoms with Gasteiger partial charge in [0.05, 0.1) is 11.4 Å². The van der Waals surface area contributed by atoms with E-state index in [1.165, 1.54) is 37.0 Å². The second-order valence-corrected chi connectivity index (χ2v) is 12.5. The molecular formula is C38H33N3OS. The Bertz CT molecular complexity index is 2060. The van der Waals surface area contributed by atoms with E-state index in [1.807, 2.05) is 47.9 Å². The molecule has 7 rings (SSSR count). The average molecular weight is 580 g/mol. The summed E-state index contributed by atoms with van der Waals surface area (Å²) in [5, 5.41) is 2.54. The summed E-state index contributed by atoms with van der Waals surface area (Å²) < 4.78 is 11.1. The Morgan fingerprint density at radius 1 is 0.721 bits per heavy atom. The fraction of sp³-hybridized carbons (Fsp3) is 0.158. The Balaban J connectivity index is 1.24. The Morgan fingerprint density at radius 3 is 2.26 bits per heavy atom. The maximum atomic E-state index is 6.37. The highest BCUT2D eigenvalue weighted by molar-refractivity contribution is 7.26. The minimum absolute atomic E-state index is 0.385. The Morgan fingerprint density at radius 2 is 1.44 bits per heavy atom. The third kappa shape index (κ3) is 5.00. The smallest absolute Gasteiger partial charge is 0.219 e. The maximum absolute atomic E-state index is 6.37. The predicted octanol–water partition coefficient (Wildman–Crippen LogP) is 11.0. The SMILES string of the molecule is CC(C)c1cccc(C(C)C)c1-n1ccnc1-c1cccc(Oc2cccc(-c3cccc4c3sc3ccccc34)n2)c1. The summed E-state index contributed by atoms with van der Waals surface area (Å²) in [5.41, 5.74) is 6.84. The number of hydrogen-bond donors (Lipinski definition) is 0. The molecule has 4 aromatic carbocycles. The fourth-order valence-electron chi connectivity index (χ4n) is 5.88. The standard InChI is InChI=1S/C38H33N3OS/c1-24(2)28-14-8-15-29(25(3)4)36(28)41-22-21-39-38(41)26-11-7-12-27(23-26)42-35-20-10-18-33(40-35)32-17-9-16-31-30-13-5-6-19-34(30)43-37(31)32/h5-25H,1-4H3. The van der Waals surface area contributed by atoms with Gasteiger partial charge in [-0.15, -0.1) is 11.3 Å². The van der Waals surface area contributed by atoms with Crippen LogP contribution in [0.25, 0.3) is 48.5 Å². The molecule has 5 heteroatoms. The fourth-order valence-corrected chi connectivity index (χ4v) is 7.10. The largest absolute Gasteiger partial charge is 0.439 e. The summed E-state index contributed by atoms with van der Waals surface area (Å²) in [4.78, 5) is 9.75. The van der Waals surface area contributed by atoms with Crippen molar-refractivity contribution in [2.24, 2.45) is 0 Å². The van der Waals surface area contributed by atoms with Gasteiger partial charge >= 0.3 is 0 Å². The van der Waals surface area contributed by atoms with Crippen molar-refractivity contribution < 1.29 is 4.74 Å². The monoisotopic (exact) mass is 579 g/mol. The van der Waals surface area contributed by atoms with Gasteiger partial charge in [0, 0.05) is 49.8 Å². The minimum Gasteiger partial charge on any atom is -0.439 e. The summed E-state index contributed by atoms with van der Waals surface area (Å²) in [6.07, 6.45) is 3.94. The molecule has 3 heterocycles. The lowest BCUT2D eigenvalue weighted by atomic mass is 9.92. The van der Waals surface area contributed by atoms with Crippen LogP contribution in [0.3, 0.4) is 0 Å². The van der Waals surface area contributed by atoms with Crippen LogP contribution in [0.4, 0.5) is 0 Å². The third-order valence-electron chi connectivity index (χ3n) is 7.94. The molecule has 0 aliphatic heterocycles. The molecule has 0 fully saturated rings. The number of hydrogen-bond acceptors (Lipinski definition) is 4.